The number of rotatable bonds is 8. The maximum atomic E-state index is 10.7. The minimum Gasteiger partial charge on any atom is -0.480 e. The summed E-state index contributed by atoms with van der Waals surface area (Å²) in [6, 6.07) is -0.745. The number of carboxylic acid groups (broad SMARTS) is 1. The standard InChI is InChI=1S/C10H18N2O3/c1-2-3-4-7-12-8(10(14)15)5-6-9(11)13/h4,7-8,12H,2-3,5-6H2,1H3,(H2,11,13)(H,14,15). The highest BCUT2D eigenvalue weighted by Crippen LogP contribution is 1.97. The van der Waals surface area contributed by atoms with Gasteiger partial charge in [0.2, 0.25) is 5.91 Å². The zero-order valence-electron chi connectivity index (χ0n) is 8.90. The highest BCUT2D eigenvalue weighted by atomic mass is 16.4. The Morgan fingerprint density at radius 1 is 1.53 bits per heavy atom. The molecule has 0 saturated heterocycles. The van der Waals surface area contributed by atoms with E-state index in [0.717, 1.165) is 12.8 Å². The van der Waals surface area contributed by atoms with Gasteiger partial charge >= 0.3 is 5.97 Å². The molecule has 1 unspecified atom stereocenters. The molecule has 0 aromatic carbocycles. The normalized spacial score (nSPS) is 12.6. The molecule has 0 aromatic heterocycles. The third-order valence-corrected chi connectivity index (χ3v) is 1.85. The van der Waals surface area contributed by atoms with E-state index in [1.807, 2.05) is 13.0 Å². The fourth-order valence-electron chi connectivity index (χ4n) is 0.999. The molecule has 1 amide bonds. The van der Waals surface area contributed by atoms with Crippen molar-refractivity contribution in [2.75, 3.05) is 0 Å². The molecule has 1 atom stereocenters. The van der Waals surface area contributed by atoms with E-state index in [-0.39, 0.29) is 12.8 Å². The first-order chi connectivity index (χ1) is 7.07. The summed E-state index contributed by atoms with van der Waals surface area (Å²) in [4.78, 5) is 21.2. The van der Waals surface area contributed by atoms with E-state index in [9.17, 15) is 9.59 Å². The highest BCUT2D eigenvalue weighted by molar-refractivity contribution is 5.77. The third kappa shape index (κ3) is 7.54. The van der Waals surface area contributed by atoms with Crippen molar-refractivity contribution in [2.24, 2.45) is 5.73 Å². The van der Waals surface area contributed by atoms with Crippen LogP contribution in [0.5, 0.6) is 0 Å². The zero-order valence-corrected chi connectivity index (χ0v) is 8.90. The number of amides is 1. The van der Waals surface area contributed by atoms with E-state index in [1.54, 1.807) is 6.20 Å². The van der Waals surface area contributed by atoms with Gasteiger partial charge in [-0.25, -0.2) is 4.79 Å². The number of carbonyl (C=O) groups is 2. The Balaban J connectivity index is 3.94. The number of hydrogen-bond donors (Lipinski definition) is 3. The van der Waals surface area contributed by atoms with Gasteiger partial charge in [-0.2, -0.15) is 0 Å². The molecule has 0 saturated carbocycles. The van der Waals surface area contributed by atoms with Crippen LogP contribution in [-0.2, 0) is 9.59 Å². The second kappa shape index (κ2) is 7.84. The number of unbranched alkanes of at least 4 members (excludes halogenated alkanes) is 1. The third-order valence-electron chi connectivity index (χ3n) is 1.85. The molecule has 0 rings (SSSR count). The van der Waals surface area contributed by atoms with E-state index >= 15 is 0 Å². The number of hydrogen-bond acceptors (Lipinski definition) is 3. The highest BCUT2D eigenvalue weighted by Gasteiger charge is 2.15. The van der Waals surface area contributed by atoms with Gasteiger partial charge in [0.25, 0.3) is 0 Å². The van der Waals surface area contributed by atoms with Gasteiger partial charge in [0.05, 0.1) is 0 Å². The van der Waals surface area contributed by atoms with Crippen LogP contribution in [0.15, 0.2) is 12.3 Å². The van der Waals surface area contributed by atoms with E-state index in [0.29, 0.717) is 0 Å². The van der Waals surface area contributed by atoms with Crippen LogP contribution in [0, 0.1) is 0 Å². The van der Waals surface area contributed by atoms with Crippen molar-refractivity contribution in [1.29, 1.82) is 0 Å². The van der Waals surface area contributed by atoms with Gasteiger partial charge in [-0.1, -0.05) is 19.4 Å². The molecular formula is C10H18N2O3. The smallest absolute Gasteiger partial charge is 0.326 e. The van der Waals surface area contributed by atoms with Gasteiger partial charge in [-0.15, -0.1) is 0 Å². The average Bonchev–Trinajstić information content (AvgIpc) is 2.15. The molecule has 0 bridgehead atoms. The number of carbonyl (C=O) groups excluding carboxylic acids is 1. The van der Waals surface area contributed by atoms with E-state index < -0.39 is 17.9 Å². The number of primary amides is 1. The Bertz CT molecular complexity index is 239. The van der Waals surface area contributed by atoms with Crippen molar-refractivity contribution in [3.05, 3.63) is 12.3 Å². The molecular weight excluding hydrogens is 196 g/mol. The number of allylic oxidation sites excluding steroid dienone is 1. The minimum atomic E-state index is -0.975. The first kappa shape index (κ1) is 13.5. The van der Waals surface area contributed by atoms with Crippen LogP contribution < -0.4 is 11.1 Å². The number of nitrogens with one attached hydrogen (secondary N) is 1. The second-order valence-electron chi connectivity index (χ2n) is 3.25. The lowest BCUT2D eigenvalue weighted by Crippen LogP contribution is -2.34. The Kier molecular flexibility index (Phi) is 7.05. The van der Waals surface area contributed by atoms with Crippen molar-refractivity contribution in [2.45, 2.75) is 38.6 Å². The van der Waals surface area contributed by atoms with Gasteiger partial charge in [0.1, 0.15) is 6.04 Å². The first-order valence-corrected chi connectivity index (χ1v) is 5.00. The molecule has 5 nitrogen and oxygen atoms in total. The van der Waals surface area contributed by atoms with Crippen LogP contribution in [0.1, 0.15) is 32.6 Å². The Labute approximate surface area is 89.3 Å². The molecule has 0 aliphatic heterocycles. The molecule has 0 aliphatic carbocycles. The van der Waals surface area contributed by atoms with Crippen molar-refractivity contribution in [3.63, 3.8) is 0 Å². The number of carboxylic acids is 1. The van der Waals surface area contributed by atoms with Crippen molar-refractivity contribution in [1.82, 2.24) is 5.32 Å². The summed E-state index contributed by atoms with van der Waals surface area (Å²) in [5, 5.41) is 11.5. The van der Waals surface area contributed by atoms with Gasteiger partial charge in [0.15, 0.2) is 0 Å². The second-order valence-corrected chi connectivity index (χ2v) is 3.25. The summed E-state index contributed by atoms with van der Waals surface area (Å²) in [5.74, 6) is -1.46. The lowest BCUT2D eigenvalue weighted by atomic mass is 10.1. The maximum Gasteiger partial charge on any atom is 0.326 e. The fraction of sp³-hybridized carbons (Fsp3) is 0.600. The average molecular weight is 214 g/mol. The van der Waals surface area contributed by atoms with Gasteiger partial charge in [0, 0.05) is 6.42 Å². The van der Waals surface area contributed by atoms with E-state index in [1.165, 1.54) is 0 Å². The van der Waals surface area contributed by atoms with Crippen LogP contribution in [0.2, 0.25) is 0 Å². The molecule has 0 radical (unpaired) electrons. The molecule has 0 aromatic rings. The molecule has 5 heteroatoms. The predicted octanol–water partition coefficient (Wildman–Crippen LogP) is 0.608. The van der Waals surface area contributed by atoms with Gasteiger partial charge in [-0.05, 0) is 19.0 Å². The Morgan fingerprint density at radius 3 is 2.67 bits per heavy atom. The first-order valence-electron chi connectivity index (χ1n) is 5.00. The molecule has 15 heavy (non-hydrogen) atoms. The van der Waals surface area contributed by atoms with Crippen LogP contribution in [-0.4, -0.2) is 23.0 Å². The molecule has 0 aliphatic rings. The summed E-state index contributed by atoms with van der Waals surface area (Å²) in [6.07, 6.45) is 5.67. The SMILES string of the molecule is CCCC=CNC(CCC(N)=O)C(=O)O. The number of nitrogens with two attached hydrogens (primary N) is 1. The van der Waals surface area contributed by atoms with Crippen LogP contribution in [0.3, 0.4) is 0 Å². The molecule has 0 fully saturated rings. The van der Waals surface area contributed by atoms with Gasteiger partial charge in [-0.3, -0.25) is 4.79 Å². The lowest BCUT2D eigenvalue weighted by molar-refractivity contribution is -0.139. The van der Waals surface area contributed by atoms with Crippen molar-refractivity contribution < 1.29 is 14.7 Å². The monoisotopic (exact) mass is 214 g/mol. The van der Waals surface area contributed by atoms with E-state index in [2.05, 4.69) is 5.32 Å². The summed E-state index contributed by atoms with van der Waals surface area (Å²) < 4.78 is 0. The minimum absolute atomic E-state index is 0.0750. The lowest BCUT2D eigenvalue weighted by Gasteiger charge is -2.10. The largest absolute Gasteiger partial charge is 0.480 e. The summed E-state index contributed by atoms with van der Waals surface area (Å²) in [7, 11) is 0. The Hall–Kier alpha value is -1.52. The summed E-state index contributed by atoms with van der Waals surface area (Å²) in [6.45, 7) is 2.03. The Morgan fingerprint density at radius 2 is 2.20 bits per heavy atom. The van der Waals surface area contributed by atoms with Gasteiger partial charge < -0.3 is 16.2 Å². The van der Waals surface area contributed by atoms with Crippen LogP contribution in [0.25, 0.3) is 0 Å². The molecule has 4 N–H and O–H groups in total. The van der Waals surface area contributed by atoms with Crippen molar-refractivity contribution >= 4 is 11.9 Å². The van der Waals surface area contributed by atoms with Crippen LogP contribution >= 0.6 is 0 Å². The quantitative estimate of drug-likeness (QED) is 0.552. The molecule has 0 spiro atoms. The fourth-order valence-corrected chi connectivity index (χ4v) is 0.999. The molecule has 0 heterocycles. The summed E-state index contributed by atoms with van der Waals surface area (Å²) in [5.41, 5.74) is 4.94. The number of aliphatic carboxylic acids is 1. The van der Waals surface area contributed by atoms with Crippen LogP contribution in [0.4, 0.5) is 0 Å². The predicted molar refractivity (Wildman–Crippen MR) is 57.0 cm³/mol. The summed E-state index contributed by atoms with van der Waals surface area (Å²) >= 11 is 0. The van der Waals surface area contributed by atoms with Crippen molar-refractivity contribution in [3.8, 4) is 0 Å². The topological polar surface area (TPSA) is 92.4 Å². The zero-order chi connectivity index (χ0) is 11.7. The maximum absolute atomic E-state index is 10.7. The molecule has 86 valence electrons. The van der Waals surface area contributed by atoms with E-state index in [4.69, 9.17) is 10.8 Å².